The fraction of sp³-hybridized carbons (Fsp3) is 0.389. The second kappa shape index (κ2) is 4.23. The number of allylic oxidation sites excluding steroid dienone is 1. The van der Waals surface area contributed by atoms with Gasteiger partial charge >= 0.3 is 0 Å². The molecule has 2 heterocycles. The van der Waals surface area contributed by atoms with Gasteiger partial charge in [-0.1, -0.05) is 6.08 Å². The fourth-order valence-corrected chi connectivity index (χ4v) is 3.47. The van der Waals surface area contributed by atoms with E-state index in [4.69, 9.17) is 0 Å². The highest BCUT2D eigenvalue weighted by Crippen LogP contribution is 2.49. The first kappa shape index (κ1) is 13.9. The summed E-state index contributed by atoms with van der Waals surface area (Å²) in [6.45, 7) is 8.41. The number of nitrogens with zero attached hydrogens (tertiary/aromatic N) is 2. The van der Waals surface area contributed by atoms with Crippen molar-refractivity contribution in [3.63, 3.8) is 0 Å². The number of amides is 1. The molecule has 0 bridgehead atoms. The second-order valence-electron chi connectivity index (χ2n) is 6.84. The van der Waals surface area contributed by atoms with Crippen LogP contribution in [-0.2, 0) is 4.79 Å². The Morgan fingerprint density at radius 1 is 1.14 bits per heavy atom. The highest BCUT2D eigenvalue weighted by molar-refractivity contribution is 6.34. The van der Waals surface area contributed by atoms with Crippen molar-refractivity contribution in [1.29, 1.82) is 0 Å². The molecule has 0 aromatic heterocycles. The summed E-state index contributed by atoms with van der Waals surface area (Å²) in [4.78, 5) is 16.8. The largest absolute Gasteiger partial charge is 0.383 e. The van der Waals surface area contributed by atoms with Crippen molar-refractivity contribution < 1.29 is 4.79 Å². The Kier molecular flexibility index (Phi) is 2.81. The maximum atomic E-state index is 13.0. The molecule has 0 saturated carbocycles. The Morgan fingerprint density at radius 2 is 1.76 bits per heavy atom. The fourth-order valence-electron chi connectivity index (χ4n) is 3.47. The summed E-state index contributed by atoms with van der Waals surface area (Å²) in [7, 11) is 3.90. The van der Waals surface area contributed by atoms with Gasteiger partial charge in [0.05, 0.1) is 16.8 Å². The van der Waals surface area contributed by atoms with Crippen LogP contribution in [0.3, 0.4) is 0 Å². The highest BCUT2D eigenvalue weighted by Gasteiger charge is 2.44. The van der Waals surface area contributed by atoms with E-state index in [2.05, 4.69) is 45.9 Å². The average Bonchev–Trinajstić information content (AvgIpc) is 2.60. The molecule has 0 aliphatic carbocycles. The van der Waals surface area contributed by atoms with E-state index in [1.54, 1.807) is 0 Å². The summed E-state index contributed by atoms with van der Waals surface area (Å²) >= 11 is 0. The van der Waals surface area contributed by atoms with Crippen LogP contribution in [0.25, 0.3) is 11.1 Å². The van der Waals surface area contributed by atoms with E-state index in [0.717, 1.165) is 16.8 Å². The van der Waals surface area contributed by atoms with Gasteiger partial charge in [-0.15, -0.1) is 0 Å². The van der Waals surface area contributed by atoms with Crippen LogP contribution >= 0.6 is 0 Å². The Morgan fingerprint density at radius 3 is 2.38 bits per heavy atom. The van der Waals surface area contributed by atoms with E-state index < -0.39 is 0 Å². The second-order valence-corrected chi connectivity index (χ2v) is 6.84. The average molecular weight is 282 g/mol. The van der Waals surface area contributed by atoms with Crippen LogP contribution in [0.15, 0.2) is 24.4 Å². The van der Waals surface area contributed by atoms with Gasteiger partial charge in [-0.25, -0.2) is 0 Å². The molecular weight excluding hydrogens is 260 g/mol. The SMILES string of the molecule is CC1=CC(C)(C)N2C(=O)/C(=C/N(C)C)c3cc(C)cc1c32. The molecule has 2 aliphatic rings. The van der Waals surface area contributed by atoms with Gasteiger partial charge in [-0.05, 0) is 51.0 Å². The third-order valence-corrected chi connectivity index (χ3v) is 4.16. The summed E-state index contributed by atoms with van der Waals surface area (Å²) < 4.78 is 0. The first-order chi connectivity index (χ1) is 9.72. The topological polar surface area (TPSA) is 23.6 Å². The molecule has 0 atom stereocenters. The number of hydrogen-bond acceptors (Lipinski definition) is 2. The molecule has 1 amide bonds. The molecular formula is C18H22N2O. The summed E-state index contributed by atoms with van der Waals surface area (Å²) in [6.07, 6.45) is 4.12. The van der Waals surface area contributed by atoms with E-state index in [1.807, 2.05) is 30.1 Å². The monoisotopic (exact) mass is 282 g/mol. The molecule has 0 unspecified atom stereocenters. The Labute approximate surface area is 126 Å². The summed E-state index contributed by atoms with van der Waals surface area (Å²) in [5, 5.41) is 0. The van der Waals surface area contributed by atoms with Crippen LogP contribution in [0.2, 0.25) is 0 Å². The van der Waals surface area contributed by atoms with Gasteiger partial charge in [-0.2, -0.15) is 0 Å². The zero-order valence-corrected chi connectivity index (χ0v) is 13.6. The van der Waals surface area contributed by atoms with Crippen molar-refractivity contribution in [2.45, 2.75) is 33.2 Å². The number of benzene rings is 1. The smallest absolute Gasteiger partial charge is 0.261 e. The Balaban J connectivity index is 2.36. The maximum Gasteiger partial charge on any atom is 0.261 e. The minimum absolute atomic E-state index is 0.0966. The first-order valence-corrected chi connectivity index (χ1v) is 7.30. The van der Waals surface area contributed by atoms with Gasteiger partial charge in [0.2, 0.25) is 0 Å². The van der Waals surface area contributed by atoms with Crippen molar-refractivity contribution in [3.05, 3.63) is 41.1 Å². The number of carbonyl (C=O) groups excluding carboxylic acids is 1. The lowest BCUT2D eigenvalue weighted by Gasteiger charge is -2.38. The van der Waals surface area contributed by atoms with Gasteiger partial charge in [0.15, 0.2) is 0 Å². The van der Waals surface area contributed by atoms with E-state index >= 15 is 0 Å². The van der Waals surface area contributed by atoms with Crippen molar-refractivity contribution in [1.82, 2.24) is 4.90 Å². The van der Waals surface area contributed by atoms with Crippen molar-refractivity contribution in [2.24, 2.45) is 0 Å². The highest BCUT2D eigenvalue weighted by atomic mass is 16.2. The van der Waals surface area contributed by atoms with Crippen LogP contribution in [0.1, 0.15) is 37.5 Å². The van der Waals surface area contributed by atoms with Crippen LogP contribution in [0.5, 0.6) is 0 Å². The lowest BCUT2D eigenvalue weighted by molar-refractivity contribution is -0.113. The van der Waals surface area contributed by atoms with Crippen LogP contribution in [0, 0.1) is 6.92 Å². The standard InChI is InChI=1S/C18H22N2O/c1-11-7-13-12(2)9-18(3,4)20-16(13)14(8-11)15(17(20)21)10-19(5)6/h7-10H,1-6H3/b15-10+. The number of hydrogen-bond donors (Lipinski definition) is 0. The zero-order valence-electron chi connectivity index (χ0n) is 13.6. The van der Waals surface area contributed by atoms with E-state index in [1.165, 1.54) is 16.7 Å². The third-order valence-electron chi connectivity index (χ3n) is 4.16. The predicted molar refractivity (Wildman–Crippen MR) is 88.1 cm³/mol. The van der Waals surface area contributed by atoms with Gasteiger partial charge in [-0.3, -0.25) is 9.69 Å². The molecule has 0 radical (unpaired) electrons. The Hall–Kier alpha value is -2.03. The van der Waals surface area contributed by atoms with Gasteiger partial charge in [0, 0.05) is 31.4 Å². The van der Waals surface area contributed by atoms with E-state index in [-0.39, 0.29) is 11.4 Å². The van der Waals surface area contributed by atoms with Crippen LogP contribution < -0.4 is 4.90 Å². The minimum atomic E-state index is -0.292. The van der Waals surface area contributed by atoms with Gasteiger partial charge in [0.25, 0.3) is 5.91 Å². The lowest BCUT2D eigenvalue weighted by atomic mass is 9.88. The minimum Gasteiger partial charge on any atom is -0.383 e. The quantitative estimate of drug-likeness (QED) is 0.737. The molecule has 21 heavy (non-hydrogen) atoms. The molecule has 1 aromatic carbocycles. The maximum absolute atomic E-state index is 13.0. The van der Waals surface area contributed by atoms with Crippen LogP contribution in [0.4, 0.5) is 5.69 Å². The third kappa shape index (κ3) is 1.91. The lowest BCUT2D eigenvalue weighted by Crippen LogP contribution is -2.46. The summed E-state index contributed by atoms with van der Waals surface area (Å²) in [5.41, 5.74) is 6.24. The molecule has 0 saturated heterocycles. The van der Waals surface area contributed by atoms with Crippen molar-refractivity contribution in [3.8, 4) is 0 Å². The van der Waals surface area contributed by atoms with Crippen molar-refractivity contribution >= 4 is 22.7 Å². The predicted octanol–water partition coefficient (Wildman–Crippen LogP) is 3.44. The number of rotatable bonds is 1. The van der Waals surface area contributed by atoms with Crippen molar-refractivity contribution in [2.75, 3.05) is 19.0 Å². The number of aryl methyl sites for hydroxylation is 1. The van der Waals surface area contributed by atoms with E-state index in [0.29, 0.717) is 0 Å². The van der Waals surface area contributed by atoms with E-state index in [9.17, 15) is 4.79 Å². The normalized spacial score (nSPS) is 20.7. The Bertz CT molecular complexity index is 708. The van der Waals surface area contributed by atoms with Gasteiger partial charge in [0.1, 0.15) is 0 Å². The molecule has 1 aromatic rings. The number of anilines is 1. The molecule has 110 valence electrons. The first-order valence-electron chi connectivity index (χ1n) is 7.30. The molecule has 0 N–H and O–H groups in total. The van der Waals surface area contributed by atoms with Crippen LogP contribution in [-0.4, -0.2) is 30.4 Å². The summed E-state index contributed by atoms with van der Waals surface area (Å²) in [5.74, 6) is 0.0966. The molecule has 0 fully saturated rings. The molecule has 3 nitrogen and oxygen atoms in total. The zero-order chi connectivity index (χ0) is 15.5. The molecule has 2 aliphatic heterocycles. The molecule has 0 spiro atoms. The molecule has 3 rings (SSSR count). The summed E-state index contributed by atoms with van der Waals surface area (Å²) in [6, 6.07) is 4.31. The number of carbonyl (C=O) groups is 1. The molecule has 3 heteroatoms. The van der Waals surface area contributed by atoms with Gasteiger partial charge < -0.3 is 4.90 Å².